The van der Waals surface area contributed by atoms with Crippen molar-refractivity contribution in [2.45, 2.75) is 12.8 Å². The maximum Gasteiger partial charge on any atom is 0.309 e. The van der Waals surface area contributed by atoms with E-state index in [4.69, 9.17) is 14.2 Å². The first-order valence-electron chi connectivity index (χ1n) is 9.76. The number of ether oxygens (including phenoxy) is 3. The number of benzene rings is 2. The molecular formula is C22H19F2NO6. The summed E-state index contributed by atoms with van der Waals surface area (Å²) in [7, 11) is 0. The lowest BCUT2D eigenvalue weighted by molar-refractivity contribution is -0.148. The summed E-state index contributed by atoms with van der Waals surface area (Å²) in [6.45, 7) is 0.145. The molecule has 2 aliphatic heterocycles. The lowest BCUT2D eigenvalue weighted by Crippen LogP contribution is -2.41. The van der Waals surface area contributed by atoms with Gasteiger partial charge in [0.25, 0.3) is 5.91 Å². The van der Waals surface area contributed by atoms with Gasteiger partial charge in [0.05, 0.1) is 11.5 Å². The number of fused-ring (bicyclic) bond motifs is 1. The molecule has 0 aliphatic carbocycles. The van der Waals surface area contributed by atoms with Crippen LogP contribution in [-0.2, 0) is 9.53 Å². The predicted molar refractivity (Wildman–Crippen MR) is 103 cm³/mol. The van der Waals surface area contributed by atoms with Crippen molar-refractivity contribution in [2.75, 3.05) is 26.5 Å². The molecule has 0 saturated carbocycles. The summed E-state index contributed by atoms with van der Waals surface area (Å²) in [5.74, 6) is -2.57. The number of halogens is 2. The van der Waals surface area contributed by atoms with E-state index < -0.39 is 36.0 Å². The maximum atomic E-state index is 13.8. The Morgan fingerprint density at radius 3 is 2.48 bits per heavy atom. The molecule has 0 atom stereocenters. The van der Waals surface area contributed by atoms with Crippen LogP contribution in [0.2, 0.25) is 0 Å². The molecule has 31 heavy (non-hydrogen) atoms. The second-order valence-corrected chi connectivity index (χ2v) is 7.29. The minimum absolute atomic E-state index is 0.0942. The Kier molecular flexibility index (Phi) is 5.83. The van der Waals surface area contributed by atoms with Crippen LogP contribution in [0.15, 0.2) is 36.4 Å². The monoisotopic (exact) mass is 431 g/mol. The number of esters is 1. The summed E-state index contributed by atoms with van der Waals surface area (Å²) in [6.07, 6.45) is 0.650. The Morgan fingerprint density at radius 2 is 1.74 bits per heavy atom. The van der Waals surface area contributed by atoms with Gasteiger partial charge in [-0.2, -0.15) is 0 Å². The molecule has 2 aromatic rings. The third-order valence-electron chi connectivity index (χ3n) is 5.32. The second kappa shape index (κ2) is 8.71. The fourth-order valence-electron chi connectivity index (χ4n) is 3.56. The number of rotatable bonds is 5. The smallest absolute Gasteiger partial charge is 0.309 e. The van der Waals surface area contributed by atoms with Crippen LogP contribution in [0, 0.1) is 17.6 Å². The van der Waals surface area contributed by atoms with Crippen LogP contribution in [-0.4, -0.2) is 49.0 Å². The number of carbonyl (C=O) groups excluding carboxylic acids is 3. The van der Waals surface area contributed by atoms with Gasteiger partial charge in [-0.15, -0.1) is 0 Å². The van der Waals surface area contributed by atoms with E-state index in [0.717, 1.165) is 12.1 Å². The van der Waals surface area contributed by atoms with Gasteiger partial charge in [-0.05, 0) is 43.2 Å². The van der Waals surface area contributed by atoms with Gasteiger partial charge in [0.1, 0.15) is 11.6 Å². The lowest BCUT2D eigenvalue weighted by Gasteiger charge is -2.31. The largest absolute Gasteiger partial charge is 0.457 e. The molecule has 9 heteroatoms. The molecule has 2 heterocycles. The third-order valence-corrected chi connectivity index (χ3v) is 5.32. The van der Waals surface area contributed by atoms with Crippen molar-refractivity contribution in [1.29, 1.82) is 0 Å². The first-order chi connectivity index (χ1) is 14.9. The summed E-state index contributed by atoms with van der Waals surface area (Å²) in [6, 6.07) is 7.52. The number of nitrogens with zero attached hydrogens (tertiary/aromatic N) is 1. The average Bonchev–Trinajstić information content (AvgIpc) is 3.25. The number of ketones is 1. The highest BCUT2D eigenvalue weighted by atomic mass is 19.1. The molecule has 1 fully saturated rings. The fourth-order valence-corrected chi connectivity index (χ4v) is 3.56. The SMILES string of the molecule is O=C(COC(=O)C1CCN(C(=O)c2ccc(F)cc2F)CC1)c1ccc2c(c1)OCO2. The first-order valence-corrected chi connectivity index (χ1v) is 9.76. The van der Waals surface area contributed by atoms with E-state index in [1.165, 1.54) is 11.0 Å². The van der Waals surface area contributed by atoms with E-state index in [1.54, 1.807) is 12.1 Å². The first kappa shape index (κ1) is 20.8. The van der Waals surface area contributed by atoms with Crippen LogP contribution in [0.3, 0.4) is 0 Å². The Morgan fingerprint density at radius 1 is 1.00 bits per heavy atom. The summed E-state index contributed by atoms with van der Waals surface area (Å²) in [5.41, 5.74) is 0.135. The summed E-state index contributed by atoms with van der Waals surface area (Å²) >= 11 is 0. The fraction of sp³-hybridized carbons (Fsp3) is 0.318. The highest BCUT2D eigenvalue weighted by Crippen LogP contribution is 2.32. The van der Waals surface area contributed by atoms with Gasteiger partial charge in [0, 0.05) is 24.7 Å². The number of likely N-dealkylation sites (tertiary alicyclic amines) is 1. The van der Waals surface area contributed by atoms with E-state index in [1.807, 2.05) is 0 Å². The van der Waals surface area contributed by atoms with Crippen LogP contribution in [0.4, 0.5) is 8.78 Å². The van der Waals surface area contributed by atoms with Crippen molar-refractivity contribution in [2.24, 2.45) is 5.92 Å². The molecule has 2 aromatic carbocycles. The molecule has 0 unspecified atom stereocenters. The van der Waals surface area contributed by atoms with E-state index >= 15 is 0 Å². The van der Waals surface area contributed by atoms with E-state index in [0.29, 0.717) is 36.0 Å². The highest BCUT2D eigenvalue weighted by Gasteiger charge is 2.30. The molecule has 0 spiro atoms. The molecule has 0 bridgehead atoms. The van der Waals surface area contributed by atoms with Gasteiger partial charge >= 0.3 is 5.97 Å². The van der Waals surface area contributed by atoms with Crippen molar-refractivity contribution in [3.8, 4) is 11.5 Å². The van der Waals surface area contributed by atoms with Gasteiger partial charge in [0.2, 0.25) is 6.79 Å². The number of carbonyl (C=O) groups is 3. The van der Waals surface area contributed by atoms with E-state index in [-0.39, 0.29) is 31.2 Å². The van der Waals surface area contributed by atoms with Crippen molar-refractivity contribution in [1.82, 2.24) is 4.90 Å². The molecule has 2 aliphatic rings. The van der Waals surface area contributed by atoms with Crippen molar-refractivity contribution in [3.63, 3.8) is 0 Å². The molecule has 162 valence electrons. The normalized spacial score (nSPS) is 15.6. The molecule has 0 radical (unpaired) electrons. The zero-order chi connectivity index (χ0) is 22.0. The topological polar surface area (TPSA) is 82.1 Å². The molecule has 0 N–H and O–H groups in total. The van der Waals surface area contributed by atoms with Crippen LogP contribution in [0.25, 0.3) is 0 Å². The molecule has 0 aromatic heterocycles. The maximum absolute atomic E-state index is 13.8. The highest BCUT2D eigenvalue weighted by molar-refractivity contribution is 5.98. The molecule has 1 amide bonds. The Balaban J connectivity index is 1.27. The van der Waals surface area contributed by atoms with Gasteiger partial charge in [-0.1, -0.05) is 0 Å². The third kappa shape index (κ3) is 4.50. The Hall–Kier alpha value is -3.49. The van der Waals surface area contributed by atoms with Gasteiger partial charge < -0.3 is 19.1 Å². The van der Waals surface area contributed by atoms with Gasteiger partial charge in [0.15, 0.2) is 23.9 Å². The van der Waals surface area contributed by atoms with Crippen molar-refractivity contribution >= 4 is 17.7 Å². The summed E-state index contributed by atoms with van der Waals surface area (Å²) in [4.78, 5) is 38.5. The average molecular weight is 431 g/mol. The van der Waals surface area contributed by atoms with E-state index in [9.17, 15) is 23.2 Å². The summed E-state index contributed by atoms with van der Waals surface area (Å²) < 4.78 is 42.5. The lowest BCUT2D eigenvalue weighted by atomic mass is 9.96. The minimum atomic E-state index is -0.923. The quantitative estimate of drug-likeness (QED) is 0.535. The molecular weight excluding hydrogens is 412 g/mol. The van der Waals surface area contributed by atoms with Crippen LogP contribution in [0.1, 0.15) is 33.6 Å². The van der Waals surface area contributed by atoms with Gasteiger partial charge in [-0.3, -0.25) is 14.4 Å². The number of hydrogen-bond donors (Lipinski definition) is 0. The van der Waals surface area contributed by atoms with Crippen molar-refractivity contribution < 1.29 is 37.4 Å². The minimum Gasteiger partial charge on any atom is -0.457 e. The van der Waals surface area contributed by atoms with Crippen molar-refractivity contribution in [3.05, 3.63) is 59.2 Å². The van der Waals surface area contributed by atoms with Gasteiger partial charge in [-0.25, -0.2) is 8.78 Å². The van der Waals surface area contributed by atoms with Crippen LogP contribution < -0.4 is 9.47 Å². The second-order valence-electron chi connectivity index (χ2n) is 7.29. The number of hydrogen-bond acceptors (Lipinski definition) is 6. The Labute approximate surface area is 176 Å². The van der Waals surface area contributed by atoms with Crippen LogP contribution in [0.5, 0.6) is 11.5 Å². The predicted octanol–water partition coefficient (Wildman–Crippen LogP) is 2.97. The van der Waals surface area contributed by atoms with E-state index in [2.05, 4.69) is 0 Å². The zero-order valence-electron chi connectivity index (χ0n) is 16.4. The zero-order valence-corrected chi connectivity index (χ0v) is 16.4. The van der Waals surface area contributed by atoms with Crippen LogP contribution >= 0.6 is 0 Å². The summed E-state index contributed by atoms with van der Waals surface area (Å²) in [5, 5.41) is 0. The number of amides is 1. The molecule has 7 nitrogen and oxygen atoms in total. The molecule has 4 rings (SSSR count). The molecule has 1 saturated heterocycles. The number of Topliss-reactive ketones (excluding diaryl/α,β-unsaturated/α-hetero) is 1. The Bertz CT molecular complexity index is 1030. The number of piperidine rings is 1. The standard InChI is InChI=1S/C22H19F2NO6/c23-15-2-3-16(17(24)10-15)21(27)25-7-5-13(6-8-25)22(28)29-11-18(26)14-1-4-19-20(9-14)31-12-30-19/h1-4,9-10,13H,5-8,11-12H2.